The quantitative estimate of drug-likeness (QED) is 0.759. The molecule has 21 heavy (non-hydrogen) atoms. The average Bonchev–Trinajstić information content (AvgIpc) is 2.63. The molecule has 1 aliphatic heterocycles. The van der Waals surface area contributed by atoms with Gasteiger partial charge in [-0.15, -0.1) is 0 Å². The van der Waals surface area contributed by atoms with Gasteiger partial charge in [0.25, 0.3) is 0 Å². The van der Waals surface area contributed by atoms with Crippen LogP contribution in [-0.4, -0.2) is 36.9 Å². The van der Waals surface area contributed by atoms with Gasteiger partial charge in [0, 0.05) is 16.7 Å². The number of halogens is 1. The molecular formula is C14H18INO4S. The molecule has 5 nitrogen and oxygen atoms in total. The number of benzene rings is 1. The lowest BCUT2D eigenvalue weighted by Crippen LogP contribution is -2.32. The molecule has 1 atom stereocenters. The highest BCUT2D eigenvalue weighted by molar-refractivity contribution is 14.1. The summed E-state index contributed by atoms with van der Waals surface area (Å²) in [6.07, 6.45) is 2.71. The lowest BCUT2D eigenvalue weighted by Gasteiger charge is -2.20. The predicted molar refractivity (Wildman–Crippen MR) is 87.9 cm³/mol. The molecule has 2 rings (SSSR count). The van der Waals surface area contributed by atoms with Crippen LogP contribution >= 0.6 is 22.6 Å². The van der Waals surface area contributed by atoms with Crippen molar-refractivity contribution in [3.05, 3.63) is 27.3 Å². The summed E-state index contributed by atoms with van der Waals surface area (Å²) < 4.78 is 27.3. The first-order chi connectivity index (χ1) is 9.82. The lowest BCUT2D eigenvalue weighted by atomic mass is 10.0. The number of carbonyl (C=O) groups is 1. The standard InChI is InChI=1S/C14H18INO4S/c1-10-3-2-7-16(8-6-10)21(19,20)11-4-5-13(15)12(9-11)14(17)18/h4-5,9-10H,2-3,6-8H2,1H3,(H,17,18). The first-order valence-corrected chi connectivity index (χ1v) is 9.37. The molecule has 116 valence electrons. The van der Waals surface area contributed by atoms with Gasteiger partial charge in [-0.25, -0.2) is 13.2 Å². The predicted octanol–water partition coefficient (Wildman–Crippen LogP) is 2.80. The Labute approximate surface area is 138 Å². The van der Waals surface area contributed by atoms with Gasteiger partial charge in [0.2, 0.25) is 10.0 Å². The van der Waals surface area contributed by atoms with Gasteiger partial charge in [-0.3, -0.25) is 0 Å². The number of carboxylic acids is 1. The number of nitrogens with zero attached hydrogens (tertiary/aromatic N) is 1. The molecule has 0 aromatic heterocycles. The van der Waals surface area contributed by atoms with Crippen molar-refractivity contribution < 1.29 is 18.3 Å². The Balaban J connectivity index is 2.35. The molecule has 1 N–H and O–H groups in total. The van der Waals surface area contributed by atoms with Gasteiger partial charge in [0.15, 0.2) is 0 Å². The topological polar surface area (TPSA) is 74.7 Å². The van der Waals surface area contributed by atoms with E-state index in [0.717, 1.165) is 19.3 Å². The SMILES string of the molecule is CC1CCCN(S(=O)(=O)c2ccc(I)c(C(=O)O)c2)CC1. The van der Waals surface area contributed by atoms with Crippen LogP contribution in [-0.2, 0) is 10.0 Å². The third kappa shape index (κ3) is 3.75. The zero-order valence-corrected chi connectivity index (χ0v) is 14.7. The van der Waals surface area contributed by atoms with Gasteiger partial charge >= 0.3 is 5.97 Å². The van der Waals surface area contributed by atoms with Crippen LogP contribution < -0.4 is 0 Å². The summed E-state index contributed by atoms with van der Waals surface area (Å²) in [5, 5.41) is 9.13. The second kappa shape index (κ2) is 6.62. The fourth-order valence-electron chi connectivity index (χ4n) is 2.45. The van der Waals surface area contributed by atoms with Crippen LogP contribution in [0.1, 0.15) is 36.5 Å². The molecule has 0 spiro atoms. The first kappa shape index (κ1) is 16.7. The maximum absolute atomic E-state index is 12.7. The molecular weight excluding hydrogens is 405 g/mol. The third-order valence-electron chi connectivity index (χ3n) is 3.78. The lowest BCUT2D eigenvalue weighted by molar-refractivity contribution is 0.0695. The fraction of sp³-hybridized carbons (Fsp3) is 0.500. The number of carboxylic acid groups (broad SMARTS) is 1. The molecule has 1 unspecified atom stereocenters. The summed E-state index contributed by atoms with van der Waals surface area (Å²) in [5.41, 5.74) is 0.0277. The van der Waals surface area contributed by atoms with Gasteiger partial charge in [-0.05, 0) is 66.0 Å². The van der Waals surface area contributed by atoms with Gasteiger partial charge in [-0.2, -0.15) is 4.31 Å². The molecule has 0 bridgehead atoms. The van der Waals surface area contributed by atoms with E-state index in [9.17, 15) is 13.2 Å². The largest absolute Gasteiger partial charge is 0.478 e. The average molecular weight is 423 g/mol. The maximum atomic E-state index is 12.7. The van der Waals surface area contributed by atoms with E-state index in [4.69, 9.17) is 5.11 Å². The van der Waals surface area contributed by atoms with Gasteiger partial charge in [-0.1, -0.05) is 6.92 Å². The van der Waals surface area contributed by atoms with Crippen molar-refractivity contribution in [2.45, 2.75) is 31.1 Å². The van der Waals surface area contributed by atoms with E-state index in [0.29, 0.717) is 22.6 Å². The number of aromatic carboxylic acids is 1. The van der Waals surface area contributed by atoms with Crippen LogP contribution in [0, 0.1) is 9.49 Å². The van der Waals surface area contributed by atoms with Crippen LogP contribution in [0.4, 0.5) is 0 Å². The molecule has 1 fully saturated rings. The van der Waals surface area contributed by atoms with E-state index >= 15 is 0 Å². The highest BCUT2D eigenvalue weighted by Crippen LogP contribution is 2.25. The Morgan fingerprint density at radius 1 is 1.33 bits per heavy atom. The van der Waals surface area contributed by atoms with Crippen molar-refractivity contribution in [2.75, 3.05) is 13.1 Å². The van der Waals surface area contributed by atoms with Crippen LogP contribution in [0.2, 0.25) is 0 Å². The van der Waals surface area contributed by atoms with Crippen molar-refractivity contribution in [3.8, 4) is 0 Å². The Hall–Kier alpha value is -0.670. The summed E-state index contributed by atoms with van der Waals surface area (Å²) >= 11 is 1.89. The zero-order chi connectivity index (χ0) is 15.6. The summed E-state index contributed by atoms with van der Waals surface area (Å²) in [5.74, 6) is -0.586. The van der Waals surface area contributed by atoms with Crippen molar-refractivity contribution in [1.82, 2.24) is 4.31 Å². The van der Waals surface area contributed by atoms with Crippen molar-refractivity contribution >= 4 is 38.6 Å². The number of hydrogen-bond acceptors (Lipinski definition) is 3. The molecule has 0 radical (unpaired) electrons. The van der Waals surface area contributed by atoms with Crippen molar-refractivity contribution in [1.29, 1.82) is 0 Å². The maximum Gasteiger partial charge on any atom is 0.336 e. The third-order valence-corrected chi connectivity index (χ3v) is 6.62. The number of hydrogen-bond donors (Lipinski definition) is 1. The normalized spacial score (nSPS) is 21.0. The summed E-state index contributed by atoms with van der Waals surface area (Å²) in [6, 6.07) is 4.28. The molecule has 0 saturated carbocycles. The highest BCUT2D eigenvalue weighted by atomic mass is 127. The van der Waals surface area contributed by atoms with Gasteiger partial charge in [0.1, 0.15) is 0 Å². The first-order valence-electron chi connectivity index (χ1n) is 6.85. The minimum Gasteiger partial charge on any atom is -0.478 e. The van der Waals surface area contributed by atoms with E-state index < -0.39 is 16.0 Å². The fourth-order valence-corrected chi connectivity index (χ4v) is 4.54. The van der Waals surface area contributed by atoms with Gasteiger partial charge in [0.05, 0.1) is 10.5 Å². The smallest absolute Gasteiger partial charge is 0.336 e. The summed E-state index contributed by atoms with van der Waals surface area (Å²) in [7, 11) is -3.61. The zero-order valence-electron chi connectivity index (χ0n) is 11.8. The van der Waals surface area contributed by atoms with E-state index in [-0.39, 0.29) is 10.5 Å². The number of sulfonamides is 1. The Bertz CT molecular complexity index is 644. The van der Waals surface area contributed by atoms with E-state index in [1.165, 1.54) is 22.5 Å². The molecule has 1 aliphatic rings. The van der Waals surface area contributed by atoms with E-state index in [1.54, 1.807) is 0 Å². The molecule has 1 saturated heterocycles. The molecule has 0 amide bonds. The second-order valence-electron chi connectivity index (χ2n) is 5.39. The van der Waals surface area contributed by atoms with Crippen molar-refractivity contribution in [2.24, 2.45) is 5.92 Å². The van der Waals surface area contributed by atoms with Crippen molar-refractivity contribution in [3.63, 3.8) is 0 Å². The molecule has 7 heteroatoms. The molecule has 0 aliphatic carbocycles. The van der Waals surface area contributed by atoms with Crippen LogP contribution in [0.15, 0.2) is 23.1 Å². The second-order valence-corrected chi connectivity index (χ2v) is 8.49. The molecule has 1 heterocycles. The minimum atomic E-state index is -3.61. The summed E-state index contributed by atoms with van der Waals surface area (Å²) in [4.78, 5) is 11.2. The monoisotopic (exact) mass is 423 g/mol. The minimum absolute atomic E-state index is 0.0277. The Kier molecular flexibility index (Phi) is 5.26. The molecule has 1 aromatic carbocycles. The van der Waals surface area contributed by atoms with Gasteiger partial charge < -0.3 is 5.11 Å². The van der Waals surface area contributed by atoms with Crippen LogP contribution in [0.5, 0.6) is 0 Å². The Morgan fingerprint density at radius 3 is 2.71 bits per heavy atom. The van der Waals surface area contributed by atoms with E-state index in [1.807, 2.05) is 22.6 Å². The van der Waals surface area contributed by atoms with Crippen LogP contribution in [0.25, 0.3) is 0 Å². The highest BCUT2D eigenvalue weighted by Gasteiger charge is 2.27. The molecule has 1 aromatic rings. The summed E-state index contributed by atoms with van der Waals surface area (Å²) in [6.45, 7) is 3.13. The Morgan fingerprint density at radius 2 is 2.05 bits per heavy atom. The van der Waals surface area contributed by atoms with E-state index in [2.05, 4.69) is 6.92 Å². The van der Waals surface area contributed by atoms with Crippen LogP contribution in [0.3, 0.4) is 0 Å². The number of rotatable bonds is 3.